The molecule has 3 rings (SSSR count). The molecule has 0 fully saturated rings. The van der Waals surface area contributed by atoms with Crippen LogP contribution in [0.15, 0.2) is 48.8 Å². The zero-order valence-corrected chi connectivity index (χ0v) is 13.5. The van der Waals surface area contributed by atoms with E-state index in [4.69, 9.17) is 0 Å². The fourth-order valence-corrected chi connectivity index (χ4v) is 2.88. The topological polar surface area (TPSA) is 49.6 Å². The normalized spacial score (nSPS) is 10.3. The van der Waals surface area contributed by atoms with Crippen molar-refractivity contribution in [2.24, 2.45) is 0 Å². The Labute approximate surface area is 136 Å². The summed E-state index contributed by atoms with van der Waals surface area (Å²) in [5, 5.41) is 9.37. The molecule has 0 aliphatic heterocycles. The van der Waals surface area contributed by atoms with Gasteiger partial charge in [0.1, 0.15) is 6.33 Å². The van der Waals surface area contributed by atoms with Gasteiger partial charge in [-0.25, -0.2) is 9.97 Å². The molecule has 0 amide bonds. The zero-order chi connectivity index (χ0) is 16.4. The van der Waals surface area contributed by atoms with Crippen LogP contribution >= 0.6 is 0 Å². The first-order valence-corrected chi connectivity index (χ1v) is 7.49. The maximum absolute atomic E-state index is 9.37. The van der Waals surface area contributed by atoms with Crippen LogP contribution in [-0.2, 0) is 0 Å². The molecule has 3 heteroatoms. The molecule has 0 atom stereocenters. The van der Waals surface area contributed by atoms with Crippen molar-refractivity contribution in [3.05, 3.63) is 71.0 Å². The Morgan fingerprint density at radius 2 is 1.57 bits per heavy atom. The van der Waals surface area contributed by atoms with Crippen molar-refractivity contribution in [3.8, 4) is 28.6 Å². The highest BCUT2D eigenvalue weighted by atomic mass is 14.8. The van der Waals surface area contributed by atoms with Gasteiger partial charge in [0.05, 0.1) is 23.0 Å². The van der Waals surface area contributed by atoms with Gasteiger partial charge in [0, 0.05) is 11.1 Å². The fourth-order valence-electron chi connectivity index (χ4n) is 2.88. The minimum Gasteiger partial charge on any atom is -0.236 e. The van der Waals surface area contributed by atoms with Crippen molar-refractivity contribution in [1.29, 1.82) is 5.26 Å². The highest BCUT2D eigenvalue weighted by Crippen LogP contribution is 2.28. The average molecular weight is 299 g/mol. The van der Waals surface area contributed by atoms with Gasteiger partial charge in [0.15, 0.2) is 0 Å². The van der Waals surface area contributed by atoms with E-state index in [0.717, 1.165) is 28.1 Å². The number of benzene rings is 2. The molecule has 0 saturated heterocycles. The molecule has 0 aliphatic rings. The van der Waals surface area contributed by atoms with Crippen molar-refractivity contribution in [2.75, 3.05) is 0 Å². The SMILES string of the molecule is Cc1cc(C)cc(-c2cc(-c3c(C)cccc3C#N)ncn2)c1. The Balaban J connectivity index is 2.17. The molecular formula is C20H17N3. The minimum atomic E-state index is 0.634. The maximum Gasteiger partial charge on any atom is 0.116 e. The number of hydrogen-bond acceptors (Lipinski definition) is 3. The van der Waals surface area contributed by atoms with E-state index in [2.05, 4.69) is 48.1 Å². The Bertz CT molecular complexity index is 900. The van der Waals surface area contributed by atoms with Crippen LogP contribution in [0.1, 0.15) is 22.3 Å². The quantitative estimate of drug-likeness (QED) is 0.694. The van der Waals surface area contributed by atoms with Crippen molar-refractivity contribution < 1.29 is 0 Å². The second-order valence-corrected chi connectivity index (χ2v) is 5.77. The van der Waals surface area contributed by atoms with E-state index in [1.165, 1.54) is 11.1 Å². The van der Waals surface area contributed by atoms with E-state index in [1.807, 2.05) is 31.2 Å². The fraction of sp³-hybridized carbons (Fsp3) is 0.150. The first-order valence-electron chi connectivity index (χ1n) is 7.49. The lowest BCUT2D eigenvalue weighted by Crippen LogP contribution is -1.94. The van der Waals surface area contributed by atoms with Crippen LogP contribution in [0.4, 0.5) is 0 Å². The third-order valence-electron chi connectivity index (χ3n) is 3.83. The van der Waals surface area contributed by atoms with Crippen molar-refractivity contribution in [2.45, 2.75) is 20.8 Å². The van der Waals surface area contributed by atoms with Crippen molar-refractivity contribution in [3.63, 3.8) is 0 Å². The summed E-state index contributed by atoms with van der Waals surface area (Å²) in [5.41, 5.74) is 7.67. The summed E-state index contributed by atoms with van der Waals surface area (Å²) in [4.78, 5) is 8.80. The van der Waals surface area contributed by atoms with Crippen molar-refractivity contribution >= 4 is 0 Å². The number of nitriles is 1. The van der Waals surface area contributed by atoms with Crippen LogP contribution in [0.5, 0.6) is 0 Å². The number of aryl methyl sites for hydroxylation is 3. The lowest BCUT2D eigenvalue weighted by Gasteiger charge is -2.09. The van der Waals surface area contributed by atoms with Gasteiger partial charge in [-0.2, -0.15) is 5.26 Å². The van der Waals surface area contributed by atoms with Gasteiger partial charge in [-0.1, -0.05) is 29.3 Å². The van der Waals surface area contributed by atoms with Crippen LogP contribution in [0, 0.1) is 32.1 Å². The van der Waals surface area contributed by atoms with Crippen molar-refractivity contribution in [1.82, 2.24) is 9.97 Å². The van der Waals surface area contributed by atoms with Gasteiger partial charge in [-0.05, 0) is 50.6 Å². The highest BCUT2D eigenvalue weighted by molar-refractivity contribution is 5.74. The third-order valence-corrected chi connectivity index (χ3v) is 3.83. The summed E-state index contributed by atoms with van der Waals surface area (Å²) < 4.78 is 0. The molecule has 112 valence electrons. The van der Waals surface area contributed by atoms with Crippen LogP contribution in [0.2, 0.25) is 0 Å². The molecule has 1 heterocycles. The molecule has 2 aromatic carbocycles. The molecule has 0 aliphatic carbocycles. The van der Waals surface area contributed by atoms with Crippen LogP contribution in [0.3, 0.4) is 0 Å². The number of aromatic nitrogens is 2. The smallest absolute Gasteiger partial charge is 0.116 e. The average Bonchev–Trinajstić information content (AvgIpc) is 2.53. The molecule has 0 unspecified atom stereocenters. The molecule has 3 nitrogen and oxygen atoms in total. The molecule has 23 heavy (non-hydrogen) atoms. The second-order valence-electron chi connectivity index (χ2n) is 5.77. The van der Waals surface area contributed by atoms with E-state index in [0.29, 0.717) is 5.56 Å². The largest absolute Gasteiger partial charge is 0.236 e. The predicted molar refractivity (Wildman–Crippen MR) is 91.8 cm³/mol. The van der Waals surface area contributed by atoms with E-state index in [-0.39, 0.29) is 0 Å². The Morgan fingerprint density at radius 1 is 0.870 bits per heavy atom. The first kappa shape index (κ1) is 14.9. The summed E-state index contributed by atoms with van der Waals surface area (Å²) in [6.07, 6.45) is 1.57. The lowest BCUT2D eigenvalue weighted by atomic mass is 9.98. The van der Waals surface area contributed by atoms with Gasteiger partial charge >= 0.3 is 0 Å². The lowest BCUT2D eigenvalue weighted by molar-refractivity contribution is 1.17. The summed E-state index contributed by atoms with van der Waals surface area (Å²) in [5.74, 6) is 0. The molecule has 0 saturated carbocycles. The monoisotopic (exact) mass is 299 g/mol. The van der Waals surface area contributed by atoms with Gasteiger partial charge < -0.3 is 0 Å². The van der Waals surface area contributed by atoms with Gasteiger partial charge in [-0.15, -0.1) is 0 Å². The molecule has 0 N–H and O–H groups in total. The Hall–Kier alpha value is -2.99. The first-order chi connectivity index (χ1) is 11.1. The molecule has 0 spiro atoms. The molecular weight excluding hydrogens is 282 g/mol. The predicted octanol–water partition coefficient (Wildman–Crippen LogP) is 4.61. The second kappa shape index (κ2) is 6.02. The summed E-state index contributed by atoms with van der Waals surface area (Å²) in [7, 11) is 0. The zero-order valence-electron chi connectivity index (χ0n) is 13.5. The van der Waals surface area contributed by atoms with Crippen LogP contribution in [0.25, 0.3) is 22.5 Å². The molecule has 0 bridgehead atoms. The van der Waals surface area contributed by atoms with E-state index >= 15 is 0 Å². The third kappa shape index (κ3) is 2.97. The summed E-state index contributed by atoms with van der Waals surface area (Å²) >= 11 is 0. The molecule has 3 aromatic rings. The van der Waals surface area contributed by atoms with E-state index in [9.17, 15) is 5.26 Å². The Morgan fingerprint density at radius 3 is 2.26 bits per heavy atom. The number of hydrogen-bond donors (Lipinski definition) is 0. The maximum atomic E-state index is 9.37. The highest BCUT2D eigenvalue weighted by Gasteiger charge is 2.11. The summed E-state index contributed by atoms with van der Waals surface area (Å²) in [6.45, 7) is 6.15. The standard InChI is InChI=1S/C20H17N3/c1-13-7-14(2)9-17(8-13)18-10-19(23-12-22-18)20-15(3)5-4-6-16(20)11-21/h4-10,12H,1-3H3. The van der Waals surface area contributed by atoms with E-state index < -0.39 is 0 Å². The van der Waals surface area contributed by atoms with Gasteiger partial charge in [0.25, 0.3) is 0 Å². The number of rotatable bonds is 2. The minimum absolute atomic E-state index is 0.634. The van der Waals surface area contributed by atoms with Crippen LogP contribution < -0.4 is 0 Å². The van der Waals surface area contributed by atoms with E-state index in [1.54, 1.807) is 6.33 Å². The van der Waals surface area contributed by atoms with Crippen LogP contribution in [-0.4, -0.2) is 9.97 Å². The molecule has 0 radical (unpaired) electrons. The van der Waals surface area contributed by atoms with Gasteiger partial charge in [0.2, 0.25) is 0 Å². The van der Waals surface area contributed by atoms with Gasteiger partial charge in [-0.3, -0.25) is 0 Å². The summed E-state index contributed by atoms with van der Waals surface area (Å²) in [6, 6.07) is 16.3. The Kier molecular flexibility index (Phi) is 3.91. The number of nitrogens with zero attached hydrogens (tertiary/aromatic N) is 3. The molecule has 1 aromatic heterocycles.